The summed E-state index contributed by atoms with van der Waals surface area (Å²) in [5.41, 5.74) is 2.12. The van der Waals surface area contributed by atoms with Crippen LogP contribution in [0.3, 0.4) is 0 Å². The normalized spacial score (nSPS) is 23.6. The molecule has 8 heteroatoms. The zero-order valence-corrected chi connectivity index (χ0v) is 16.2. The van der Waals surface area contributed by atoms with Crippen molar-refractivity contribution < 1.29 is 4.79 Å². The van der Waals surface area contributed by atoms with Crippen molar-refractivity contribution in [1.29, 1.82) is 0 Å². The van der Waals surface area contributed by atoms with E-state index in [4.69, 9.17) is 0 Å². The monoisotopic (exact) mass is 397 g/mol. The van der Waals surface area contributed by atoms with Crippen LogP contribution in [0.4, 0.5) is 0 Å². The van der Waals surface area contributed by atoms with Crippen LogP contribution in [0.1, 0.15) is 30.4 Å². The summed E-state index contributed by atoms with van der Waals surface area (Å²) in [6.07, 6.45) is 6.60. The molecule has 0 bridgehead atoms. The number of hydrogen-bond donors (Lipinski definition) is 2. The highest BCUT2D eigenvalue weighted by Gasteiger charge is 2.51. The Morgan fingerprint density at radius 1 is 1.31 bits per heavy atom. The molecule has 2 heterocycles. The molecule has 4 rings (SSSR count). The van der Waals surface area contributed by atoms with Crippen molar-refractivity contribution >= 4 is 30.7 Å². The predicted octanol–water partition coefficient (Wildman–Crippen LogP) is 2.18. The third kappa shape index (κ3) is 3.87. The average Bonchev–Trinajstić information content (AvgIpc) is 3.30. The topological polar surface area (TPSA) is 71.8 Å². The molecule has 1 aromatic heterocycles. The zero-order valence-electron chi connectivity index (χ0n) is 14.6. The minimum Gasteiger partial charge on any atom is -0.351 e. The van der Waals surface area contributed by atoms with Gasteiger partial charge in [0.2, 0.25) is 5.91 Å². The second-order valence-electron chi connectivity index (χ2n) is 6.92. The number of hydrogen-bond acceptors (Lipinski definition) is 4. The van der Waals surface area contributed by atoms with Crippen molar-refractivity contribution in [3.63, 3.8) is 0 Å². The van der Waals surface area contributed by atoms with Gasteiger partial charge in [-0.1, -0.05) is 30.7 Å². The molecule has 6 nitrogen and oxygen atoms in total. The first kappa shape index (κ1) is 20.7. The maximum atomic E-state index is 12.9. The van der Waals surface area contributed by atoms with E-state index in [1.807, 2.05) is 12.1 Å². The molecule has 26 heavy (non-hydrogen) atoms. The first-order valence-corrected chi connectivity index (χ1v) is 8.66. The Labute approximate surface area is 166 Å². The highest BCUT2D eigenvalue weighted by molar-refractivity contribution is 5.85. The van der Waals surface area contributed by atoms with Gasteiger partial charge >= 0.3 is 0 Å². The molecule has 2 N–H and O–H groups in total. The minimum absolute atomic E-state index is 0. The summed E-state index contributed by atoms with van der Waals surface area (Å²) in [7, 11) is 0. The Bertz CT molecular complexity index is 712. The number of halogens is 2. The standard InChI is InChI=1S/C18H23N5O.2ClH/c24-17(18-7-3-6-16(18)9-19-11-18)21-8-14-4-1-2-5-15(14)10-23-13-20-12-22-23;;/h1-2,4-5,12-13,16,19H,3,6-11H2,(H,21,24);2*1H/t16-,18-;;/m1../s1. The maximum absolute atomic E-state index is 12.9. The second kappa shape index (κ2) is 8.84. The number of rotatable bonds is 5. The Kier molecular flexibility index (Phi) is 7.03. The molecule has 2 aliphatic rings. The fraction of sp³-hybridized carbons (Fsp3) is 0.500. The lowest BCUT2D eigenvalue weighted by Crippen LogP contribution is -2.43. The molecule has 1 aliphatic heterocycles. The van der Waals surface area contributed by atoms with Gasteiger partial charge in [-0.3, -0.25) is 4.79 Å². The fourth-order valence-electron chi connectivity index (χ4n) is 4.25. The number of nitrogens with one attached hydrogen (secondary N) is 2. The van der Waals surface area contributed by atoms with E-state index in [0.29, 0.717) is 19.0 Å². The van der Waals surface area contributed by atoms with Gasteiger partial charge in [-0.2, -0.15) is 5.10 Å². The van der Waals surface area contributed by atoms with Crippen LogP contribution in [0.5, 0.6) is 0 Å². The number of amides is 1. The molecule has 142 valence electrons. The number of fused-ring (bicyclic) bond motifs is 1. The van der Waals surface area contributed by atoms with Crippen LogP contribution in [-0.4, -0.2) is 33.8 Å². The Hall–Kier alpha value is -1.63. The van der Waals surface area contributed by atoms with Crippen LogP contribution in [0.25, 0.3) is 0 Å². The average molecular weight is 398 g/mol. The van der Waals surface area contributed by atoms with Crippen molar-refractivity contribution in [2.24, 2.45) is 11.3 Å². The van der Waals surface area contributed by atoms with Gasteiger partial charge in [0.05, 0.1) is 12.0 Å². The van der Waals surface area contributed by atoms with Gasteiger partial charge in [-0.15, -0.1) is 24.8 Å². The molecule has 0 unspecified atom stereocenters. The first-order chi connectivity index (χ1) is 11.8. The molecular formula is C18H25Cl2N5O. The summed E-state index contributed by atoms with van der Waals surface area (Å²) in [6, 6.07) is 8.18. The third-order valence-electron chi connectivity index (χ3n) is 5.60. The number of aromatic nitrogens is 3. The molecule has 0 radical (unpaired) electrons. The smallest absolute Gasteiger partial charge is 0.228 e. The lowest BCUT2D eigenvalue weighted by molar-refractivity contribution is -0.131. The molecule has 2 fully saturated rings. The second-order valence-corrected chi connectivity index (χ2v) is 6.92. The summed E-state index contributed by atoms with van der Waals surface area (Å²) >= 11 is 0. The lowest BCUT2D eigenvalue weighted by atomic mass is 9.80. The van der Waals surface area contributed by atoms with Crippen molar-refractivity contribution in [3.8, 4) is 0 Å². The highest BCUT2D eigenvalue weighted by atomic mass is 35.5. The van der Waals surface area contributed by atoms with Gasteiger partial charge in [-0.05, 0) is 36.4 Å². The number of nitrogens with zero attached hydrogens (tertiary/aromatic N) is 3. The van der Waals surface area contributed by atoms with E-state index >= 15 is 0 Å². The Balaban J connectivity index is 0.00000121. The molecule has 1 saturated carbocycles. The van der Waals surface area contributed by atoms with E-state index in [-0.39, 0.29) is 36.1 Å². The number of carbonyl (C=O) groups excluding carboxylic acids is 1. The summed E-state index contributed by atoms with van der Waals surface area (Å²) in [5.74, 6) is 0.716. The molecule has 1 saturated heterocycles. The van der Waals surface area contributed by atoms with E-state index in [1.165, 1.54) is 19.2 Å². The molecule has 1 aromatic carbocycles. The van der Waals surface area contributed by atoms with E-state index in [1.54, 1.807) is 11.0 Å². The fourth-order valence-corrected chi connectivity index (χ4v) is 4.25. The largest absolute Gasteiger partial charge is 0.351 e. The summed E-state index contributed by atoms with van der Waals surface area (Å²) in [4.78, 5) is 16.9. The van der Waals surface area contributed by atoms with Crippen LogP contribution < -0.4 is 10.6 Å². The van der Waals surface area contributed by atoms with Crippen molar-refractivity contribution in [2.75, 3.05) is 13.1 Å². The van der Waals surface area contributed by atoms with E-state index in [9.17, 15) is 4.79 Å². The van der Waals surface area contributed by atoms with Gasteiger partial charge < -0.3 is 10.6 Å². The molecule has 2 aromatic rings. The van der Waals surface area contributed by atoms with Crippen LogP contribution in [-0.2, 0) is 17.9 Å². The predicted molar refractivity (Wildman–Crippen MR) is 105 cm³/mol. The molecule has 2 atom stereocenters. The SMILES string of the molecule is Cl.Cl.O=C(NCc1ccccc1Cn1cncn1)[C@@]12CCC[C@@H]1CNC2. The Morgan fingerprint density at radius 2 is 2.12 bits per heavy atom. The van der Waals surface area contributed by atoms with Crippen molar-refractivity contribution in [3.05, 3.63) is 48.0 Å². The highest BCUT2D eigenvalue weighted by Crippen LogP contribution is 2.45. The van der Waals surface area contributed by atoms with Crippen LogP contribution in [0.2, 0.25) is 0 Å². The quantitative estimate of drug-likeness (QED) is 0.810. The molecule has 0 spiro atoms. The molecular weight excluding hydrogens is 373 g/mol. The molecule has 1 amide bonds. The van der Waals surface area contributed by atoms with Gasteiger partial charge in [0, 0.05) is 13.1 Å². The summed E-state index contributed by atoms with van der Waals surface area (Å²) in [5, 5.41) is 10.8. The molecule has 1 aliphatic carbocycles. The summed E-state index contributed by atoms with van der Waals surface area (Å²) < 4.78 is 1.80. The minimum atomic E-state index is -0.180. The van der Waals surface area contributed by atoms with Crippen LogP contribution >= 0.6 is 24.8 Å². The number of carbonyl (C=O) groups is 1. The lowest BCUT2D eigenvalue weighted by Gasteiger charge is -2.27. The van der Waals surface area contributed by atoms with Gasteiger partial charge in [0.25, 0.3) is 0 Å². The van der Waals surface area contributed by atoms with E-state index < -0.39 is 0 Å². The number of benzene rings is 1. The summed E-state index contributed by atoms with van der Waals surface area (Å²) in [6.45, 7) is 3.04. The van der Waals surface area contributed by atoms with Gasteiger partial charge in [0.15, 0.2) is 0 Å². The first-order valence-electron chi connectivity index (χ1n) is 8.66. The van der Waals surface area contributed by atoms with E-state index in [2.05, 4.69) is 32.8 Å². The van der Waals surface area contributed by atoms with E-state index in [0.717, 1.165) is 30.6 Å². The maximum Gasteiger partial charge on any atom is 0.228 e. The Morgan fingerprint density at radius 3 is 2.88 bits per heavy atom. The zero-order chi connectivity index (χ0) is 16.4. The van der Waals surface area contributed by atoms with Gasteiger partial charge in [0.1, 0.15) is 12.7 Å². The third-order valence-corrected chi connectivity index (χ3v) is 5.60. The van der Waals surface area contributed by atoms with Crippen LogP contribution in [0, 0.1) is 11.3 Å². The van der Waals surface area contributed by atoms with Crippen molar-refractivity contribution in [2.45, 2.75) is 32.4 Å². The van der Waals surface area contributed by atoms with Crippen molar-refractivity contribution in [1.82, 2.24) is 25.4 Å². The van der Waals surface area contributed by atoms with Gasteiger partial charge in [-0.25, -0.2) is 9.67 Å². The van der Waals surface area contributed by atoms with Crippen LogP contribution in [0.15, 0.2) is 36.9 Å².